The Labute approximate surface area is 75.2 Å². The van der Waals surface area contributed by atoms with Gasteiger partial charge in [-0.05, 0) is 41.9 Å². The highest BCUT2D eigenvalue weighted by Gasteiger charge is 2.60. The summed E-state index contributed by atoms with van der Waals surface area (Å²) in [6.07, 6.45) is 3.98. The van der Waals surface area contributed by atoms with Gasteiger partial charge >= 0.3 is 0 Å². The zero-order valence-corrected chi connectivity index (χ0v) is 8.43. The lowest BCUT2D eigenvalue weighted by atomic mass is 9.67. The Bertz CT molecular complexity index is 197. The Hall–Kier alpha value is -0.0400. The zero-order chi connectivity index (χ0) is 8.98. The first-order chi connectivity index (χ1) is 5.52. The van der Waals surface area contributed by atoms with Crippen molar-refractivity contribution in [2.45, 2.75) is 40.0 Å². The van der Waals surface area contributed by atoms with Crippen molar-refractivity contribution in [3.8, 4) is 0 Å². The van der Waals surface area contributed by atoms with Crippen LogP contribution in [0, 0.1) is 22.7 Å². The van der Waals surface area contributed by atoms with Gasteiger partial charge in [-0.2, -0.15) is 0 Å². The summed E-state index contributed by atoms with van der Waals surface area (Å²) in [7, 11) is 0. The molecule has 3 atom stereocenters. The van der Waals surface area contributed by atoms with Crippen LogP contribution in [0.25, 0.3) is 0 Å². The van der Waals surface area contributed by atoms with Gasteiger partial charge in [-0.1, -0.05) is 20.8 Å². The second kappa shape index (κ2) is 2.25. The van der Waals surface area contributed by atoms with E-state index in [9.17, 15) is 5.11 Å². The van der Waals surface area contributed by atoms with Crippen LogP contribution in [0.5, 0.6) is 0 Å². The van der Waals surface area contributed by atoms with Gasteiger partial charge in [0.1, 0.15) is 0 Å². The fourth-order valence-corrected chi connectivity index (χ4v) is 3.65. The van der Waals surface area contributed by atoms with E-state index in [0.717, 1.165) is 5.92 Å². The van der Waals surface area contributed by atoms with Crippen molar-refractivity contribution in [3.63, 3.8) is 0 Å². The maximum atomic E-state index is 9.29. The molecule has 2 bridgehead atoms. The normalized spacial score (nSPS) is 50.0. The summed E-state index contributed by atoms with van der Waals surface area (Å²) in [6.45, 7) is 7.55. The predicted octanol–water partition coefficient (Wildman–Crippen LogP) is 2.44. The third-order valence-electron chi connectivity index (χ3n) is 5.20. The molecule has 2 saturated carbocycles. The predicted molar refractivity (Wildman–Crippen MR) is 49.8 cm³/mol. The van der Waals surface area contributed by atoms with E-state index in [0.29, 0.717) is 23.4 Å². The molecule has 12 heavy (non-hydrogen) atoms. The molecule has 0 radical (unpaired) electrons. The maximum absolute atomic E-state index is 9.29. The van der Waals surface area contributed by atoms with E-state index in [-0.39, 0.29) is 0 Å². The van der Waals surface area contributed by atoms with E-state index in [2.05, 4.69) is 20.8 Å². The van der Waals surface area contributed by atoms with Crippen LogP contribution in [0.3, 0.4) is 0 Å². The molecule has 0 aromatic carbocycles. The van der Waals surface area contributed by atoms with Crippen molar-refractivity contribution in [1.29, 1.82) is 0 Å². The summed E-state index contributed by atoms with van der Waals surface area (Å²) in [4.78, 5) is 0. The maximum Gasteiger partial charge on any atom is 0.0464 e. The first-order valence-corrected chi connectivity index (χ1v) is 5.13. The second-order valence-electron chi connectivity index (χ2n) is 5.49. The van der Waals surface area contributed by atoms with Crippen molar-refractivity contribution < 1.29 is 5.11 Å². The Balaban J connectivity index is 2.33. The number of aliphatic hydroxyl groups is 1. The minimum atomic E-state index is 0.399. The quantitative estimate of drug-likeness (QED) is 0.637. The number of hydrogen-bond acceptors (Lipinski definition) is 1. The summed E-state index contributed by atoms with van der Waals surface area (Å²) in [5.41, 5.74) is 0.896. The van der Waals surface area contributed by atoms with Gasteiger partial charge in [-0.25, -0.2) is 0 Å². The van der Waals surface area contributed by atoms with E-state index in [1.54, 1.807) is 0 Å². The molecular formula is C11H20O. The van der Waals surface area contributed by atoms with Crippen molar-refractivity contribution in [2.24, 2.45) is 22.7 Å². The third kappa shape index (κ3) is 0.736. The van der Waals surface area contributed by atoms with Gasteiger partial charge in [-0.15, -0.1) is 0 Å². The van der Waals surface area contributed by atoms with Crippen LogP contribution < -0.4 is 0 Å². The lowest BCUT2D eigenvalue weighted by Crippen LogP contribution is -2.33. The molecule has 0 saturated heterocycles. The van der Waals surface area contributed by atoms with Crippen molar-refractivity contribution in [1.82, 2.24) is 0 Å². The van der Waals surface area contributed by atoms with Crippen LogP contribution in [0.1, 0.15) is 40.0 Å². The Morgan fingerprint density at radius 1 is 1.33 bits per heavy atom. The Morgan fingerprint density at radius 2 is 2.00 bits per heavy atom. The fraction of sp³-hybridized carbons (Fsp3) is 1.00. The molecule has 0 amide bonds. The molecule has 0 unspecified atom stereocenters. The van der Waals surface area contributed by atoms with E-state index in [4.69, 9.17) is 0 Å². The average Bonchev–Trinajstić information content (AvgIpc) is 2.34. The zero-order valence-electron chi connectivity index (χ0n) is 8.43. The van der Waals surface area contributed by atoms with Gasteiger partial charge in [0.15, 0.2) is 0 Å². The summed E-state index contributed by atoms with van der Waals surface area (Å²) in [5, 5.41) is 9.29. The standard InChI is InChI=1S/C11H20O/c1-10(2)8-4-5-11(10,3)9(6-8)7-12/h8-9,12H,4-7H2,1-3H3/t8-,9-,11+/m1/s1. The molecule has 2 aliphatic rings. The monoisotopic (exact) mass is 168 g/mol. The highest BCUT2D eigenvalue weighted by molar-refractivity contribution is 5.09. The first-order valence-electron chi connectivity index (χ1n) is 5.13. The topological polar surface area (TPSA) is 20.2 Å². The third-order valence-corrected chi connectivity index (χ3v) is 5.20. The van der Waals surface area contributed by atoms with E-state index >= 15 is 0 Å². The van der Waals surface area contributed by atoms with Crippen molar-refractivity contribution in [3.05, 3.63) is 0 Å². The Kier molecular flexibility index (Phi) is 1.61. The smallest absolute Gasteiger partial charge is 0.0464 e. The lowest BCUT2D eigenvalue weighted by Gasteiger charge is -2.38. The highest BCUT2D eigenvalue weighted by Crippen LogP contribution is 2.67. The summed E-state index contributed by atoms with van der Waals surface area (Å²) in [6, 6.07) is 0. The largest absolute Gasteiger partial charge is 0.396 e. The molecule has 1 heteroatoms. The van der Waals surface area contributed by atoms with Crippen LogP contribution >= 0.6 is 0 Å². The molecule has 0 aromatic heterocycles. The highest BCUT2D eigenvalue weighted by atomic mass is 16.3. The van der Waals surface area contributed by atoms with Crippen LogP contribution in [-0.2, 0) is 0 Å². The van der Waals surface area contributed by atoms with Gasteiger partial charge in [0, 0.05) is 6.61 Å². The van der Waals surface area contributed by atoms with Crippen LogP contribution in [0.4, 0.5) is 0 Å². The fourth-order valence-electron chi connectivity index (χ4n) is 3.65. The van der Waals surface area contributed by atoms with Gasteiger partial charge in [0.05, 0.1) is 0 Å². The van der Waals surface area contributed by atoms with Gasteiger partial charge < -0.3 is 5.11 Å². The minimum Gasteiger partial charge on any atom is -0.396 e. The molecule has 0 aliphatic heterocycles. The van der Waals surface area contributed by atoms with Crippen LogP contribution in [-0.4, -0.2) is 11.7 Å². The summed E-state index contributed by atoms with van der Waals surface area (Å²) >= 11 is 0. The summed E-state index contributed by atoms with van der Waals surface area (Å²) < 4.78 is 0. The van der Waals surface area contributed by atoms with E-state index in [1.807, 2.05) is 0 Å². The number of aliphatic hydroxyl groups excluding tert-OH is 1. The SMILES string of the molecule is CC1(C)[C@@H]2CC[C@@]1(C)[C@@H](CO)C2. The van der Waals surface area contributed by atoms with Gasteiger partial charge in [0.2, 0.25) is 0 Å². The number of hydrogen-bond donors (Lipinski definition) is 1. The molecule has 1 nitrogen and oxygen atoms in total. The van der Waals surface area contributed by atoms with E-state index < -0.39 is 0 Å². The van der Waals surface area contributed by atoms with E-state index in [1.165, 1.54) is 19.3 Å². The van der Waals surface area contributed by atoms with Crippen molar-refractivity contribution >= 4 is 0 Å². The molecule has 1 N–H and O–H groups in total. The number of fused-ring (bicyclic) bond motifs is 2. The van der Waals surface area contributed by atoms with Gasteiger partial charge in [0.25, 0.3) is 0 Å². The second-order valence-corrected chi connectivity index (χ2v) is 5.49. The minimum absolute atomic E-state index is 0.399. The molecule has 70 valence electrons. The molecule has 2 fully saturated rings. The van der Waals surface area contributed by atoms with Gasteiger partial charge in [-0.3, -0.25) is 0 Å². The lowest BCUT2D eigenvalue weighted by molar-refractivity contribution is 0.0625. The molecule has 2 rings (SSSR count). The van der Waals surface area contributed by atoms with Crippen LogP contribution in [0.15, 0.2) is 0 Å². The number of rotatable bonds is 1. The Morgan fingerprint density at radius 3 is 2.25 bits per heavy atom. The van der Waals surface area contributed by atoms with Crippen LogP contribution in [0.2, 0.25) is 0 Å². The average molecular weight is 168 g/mol. The molecule has 0 spiro atoms. The molecule has 0 heterocycles. The molecule has 2 aliphatic carbocycles. The first kappa shape index (κ1) is 8.55. The molecular weight excluding hydrogens is 148 g/mol. The van der Waals surface area contributed by atoms with Crippen molar-refractivity contribution in [2.75, 3.05) is 6.61 Å². The summed E-state index contributed by atoms with van der Waals surface area (Å²) in [5.74, 6) is 1.45. The molecule has 0 aromatic rings.